The van der Waals surface area contributed by atoms with E-state index in [1.54, 1.807) is 4.90 Å². The van der Waals surface area contributed by atoms with Gasteiger partial charge in [0.15, 0.2) is 6.04 Å². The Morgan fingerprint density at radius 1 is 1.22 bits per heavy atom. The van der Waals surface area contributed by atoms with Crippen LogP contribution in [0.25, 0.3) is 0 Å². The number of urea groups is 1. The van der Waals surface area contributed by atoms with Gasteiger partial charge in [-0.2, -0.15) is 0 Å². The summed E-state index contributed by atoms with van der Waals surface area (Å²) in [5, 5.41) is 4.78. The van der Waals surface area contributed by atoms with Gasteiger partial charge in [-0.3, -0.25) is 10.1 Å². The van der Waals surface area contributed by atoms with Crippen LogP contribution in [0.2, 0.25) is 0 Å². The first kappa shape index (κ1) is 17.4. The van der Waals surface area contributed by atoms with Crippen molar-refractivity contribution in [1.29, 1.82) is 0 Å². The van der Waals surface area contributed by atoms with Crippen molar-refractivity contribution < 1.29 is 19.4 Å². The van der Waals surface area contributed by atoms with Crippen LogP contribution in [0.5, 0.6) is 0 Å². The van der Waals surface area contributed by atoms with Crippen LogP contribution in [0.3, 0.4) is 0 Å². The van der Waals surface area contributed by atoms with Gasteiger partial charge in [0.05, 0.1) is 0 Å². The summed E-state index contributed by atoms with van der Waals surface area (Å²) >= 11 is 0. The number of nitrogens with one attached hydrogen (secondary N) is 4. The minimum atomic E-state index is -0.440. The third kappa shape index (κ3) is 5.04. The first-order chi connectivity index (χ1) is 11.0. The second kappa shape index (κ2) is 8.08. The molecule has 1 aromatic carbocycles. The van der Waals surface area contributed by atoms with Gasteiger partial charge in [0, 0.05) is 12.6 Å². The molecule has 6 heteroatoms. The van der Waals surface area contributed by atoms with Gasteiger partial charge in [-0.1, -0.05) is 29.8 Å². The second-order valence-corrected chi connectivity index (χ2v) is 6.36. The molecule has 1 aliphatic heterocycles. The molecule has 1 atom stereocenters. The fraction of sp³-hybridized carbons (Fsp3) is 0.529. The summed E-state index contributed by atoms with van der Waals surface area (Å²) in [6, 6.07) is 8.01. The van der Waals surface area contributed by atoms with Crippen LogP contribution in [0.15, 0.2) is 24.3 Å². The number of rotatable bonds is 4. The molecular weight excluding hydrogens is 292 g/mol. The fourth-order valence-corrected chi connectivity index (χ4v) is 3.11. The van der Waals surface area contributed by atoms with Crippen molar-refractivity contribution in [3.05, 3.63) is 35.4 Å². The van der Waals surface area contributed by atoms with Gasteiger partial charge in [-0.05, 0) is 13.8 Å². The molecule has 6 nitrogen and oxygen atoms in total. The molecule has 4 N–H and O–H groups in total. The van der Waals surface area contributed by atoms with Crippen LogP contribution >= 0.6 is 0 Å². The minimum Gasteiger partial charge on any atom is -0.341 e. The highest BCUT2D eigenvalue weighted by Crippen LogP contribution is 2.01. The van der Waals surface area contributed by atoms with Crippen molar-refractivity contribution in [3.63, 3.8) is 0 Å². The summed E-state index contributed by atoms with van der Waals surface area (Å²) in [5.41, 5.74) is 2.67. The van der Waals surface area contributed by atoms with Crippen molar-refractivity contribution in [1.82, 2.24) is 10.6 Å². The Morgan fingerprint density at radius 3 is 2.52 bits per heavy atom. The highest BCUT2D eigenvalue weighted by Gasteiger charge is 2.31. The molecule has 3 amide bonds. The Labute approximate surface area is 137 Å². The molecule has 0 aromatic heterocycles. The topological polar surface area (TPSA) is 67.1 Å². The highest BCUT2D eigenvalue weighted by molar-refractivity contribution is 5.96. The van der Waals surface area contributed by atoms with Crippen LogP contribution < -0.4 is 20.4 Å². The van der Waals surface area contributed by atoms with E-state index < -0.39 is 6.03 Å². The number of carbonyl (C=O) groups is 2. The fourth-order valence-electron chi connectivity index (χ4n) is 3.11. The smallest absolute Gasteiger partial charge is 0.321 e. The van der Waals surface area contributed by atoms with Gasteiger partial charge >= 0.3 is 6.03 Å². The lowest BCUT2D eigenvalue weighted by Gasteiger charge is -2.32. The molecule has 0 aliphatic carbocycles. The Kier molecular flexibility index (Phi) is 6.12. The predicted octanol–water partition coefficient (Wildman–Crippen LogP) is -1.88. The van der Waals surface area contributed by atoms with Gasteiger partial charge < -0.3 is 15.1 Å². The molecule has 1 saturated heterocycles. The molecular formula is C17H28N4O2+2. The Balaban J connectivity index is 1.81. The molecule has 0 unspecified atom stereocenters. The zero-order valence-electron chi connectivity index (χ0n) is 14.2. The van der Waals surface area contributed by atoms with E-state index in [9.17, 15) is 9.59 Å². The minimum absolute atomic E-state index is 0.201. The van der Waals surface area contributed by atoms with E-state index >= 15 is 0 Å². The standard InChI is InChI=1S/C17H26N4O2/c1-13-5-4-6-15(11-13)12-20-7-9-21(10-8-20)14(2)16(22)19-17(23)18-3/h4-6,11,14H,7-10,12H2,1-3H3,(H2,18,19,22,23)/p+2/t14-/m1/s1. The zero-order valence-corrected chi connectivity index (χ0v) is 14.2. The molecule has 1 fully saturated rings. The summed E-state index contributed by atoms with van der Waals surface area (Å²) in [7, 11) is 1.51. The van der Waals surface area contributed by atoms with Crippen LogP contribution in [-0.2, 0) is 11.3 Å². The normalized spacial score (nSPS) is 22.2. The average Bonchev–Trinajstić information content (AvgIpc) is 2.54. The number of aryl methyl sites for hydroxylation is 1. The number of carbonyl (C=O) groups excluding carboxylic acids is 2. The van der Waals surface area contributed by atoms with E-state index in [2.05, 4.69) is 41.8 Å². The van der Waals surface area contributed by atoms with Crippen molar-refractivity contribution >= 4 is 11.9 Å². The largest absolute Gasteiger partial charge is 0.341 e. The molecule has 1 aromatic rings. The molecule has 1 aliphatic rings. The molecule has 23 heavy (non-hydrogen) atoms. The lowest BCUT2D eigenvalue weighted by atomic mass is 10.1. The van der Waals surface area contributed by atoms with E-state index in [0.717, 1.165) is 32.7 Å². The van der Waals surface area contributed by atoms with E-state index in [0.29, 0.717) is 0 Å². The molecule has 0 bridgehead atoms. The monoisotopic (exact) mass is 320 g/mol. The number of hydrogen-bond acceptors (Lipinski definition) is 2. The lowest BCUT2D eigenvalue weighted by molar-refractivity contribution is -1.02. The molecule has 0 saturated carbocycles. The van der Waals surface area contributed by atoms with Crippen LogP contribution in [-0.4, -0.2) is 51.2 Å². The molecule has 1 heterocycles. The van der Waals surface area contributed by atoms with Crippen molar-refractivity contribution in [2.24, 2.45) is 0 Å². The number of benzene rings is 1. The van der Waals surface area contributed by atoms with Gasteiger partial charge in [-0.15, -0.1) is 0 Å². The average molecular weight is 320 g/mol. The maximum Gasteiger partial charge on any atom is 0.321 e. The van der Waals surface area contributed by atoms with Crippen LogP contribution in [0.1, 0.15) is 18.1 Å². The second-order valence-electron chi connectivity index (χ2n) is 6.36. The SMILES string of the molecule is CNC(=O)NC(=O)[C@@H](C)[NH+]1CC[NH+](Cc2cccc(C)c2)CC1. The maximum absolute atomic E-state index is 12.0. The van der Waals surface area contributed by atoms with Crippen molar-refractivity contribution in [3.8, 4) is 0 Å². The summed E-state index contributed by atoms with van der Waals surface area (Å²) in [5.74, 6) is -0.207. The van der Waals surface area contributed by atoms with Crippen molar-refractivity contribution in [2.75, 3.05) is 33.2 Å². The Bertz CT molecular complexity index is 553. The summed E-state index contributed by atoms with van der Waals surface area (Å²) in [6.07, 6.45) is 0. The zero-order chi connectivity index (χ0) is 16.8. The Hall–Kier alpha value is -1.92. The molecule has 2 rings (SSSR count). The maximum atomic E-state index is 12.0. The predicted molar refractivity (Wildman–Crippen MR) is 88.3 cm³/mol. The number of imide groups is 1. The number of piperazine rings is 1. The molecule has 0 radical (unpaired) electrons. The van der Waals surface area contributed by atoms with E-state index in [1.807, 2.05) is 6.92 Å². The van der Waals surface area contributed by atoms with Gasteiger partial charge in [0.2, 0.25) is 0 Å². The number of hydrogen-bond donors (Lipinski definition) is 4. The van der Waals surface area contributed by atoms with Gasteiger partial charge in [-0.25, -0.2) is 4.79 Å². The number of quaternary nitrogens is 2. The first-order valence-corrected chi connectivity index (χ1v) is 8.26. The molecule has 0 spiro atoms. The third-order valence-electron chi connectivity index (χ3n) is 4.61. The first-order valence-electron chi connectivity index (χ1n) is 8.26. The highest BCUT2D eigenvalue weighted by atomic mass is 16.2. The van der Waals surface area contributed by atoms with E-state index in [1.165, 1.54) is 23.1 Å². The summed E-state index contributed by atoms with van der Waals surface area (Å²) in [4.78, 5) is 26.1. The van der Waals surface area contributed by atoms with Gasteiger partial charge in [0.1, 0.15) is 32.7 Å². The van der Waals surface area contributed by atoms with Crippen LogP contribution in [0, 0.1) is 6.92 Å². The van der Waals surface area contributed by atoms with E-state index in [-0.39, 0.29) is 11.9 Å². The quantitative estimate of drug-likeness (QED) is 0.525. The summed E-state index contributed by atoms with van der Waals surface area (Å²) in [6.45, 7) is 9.02. The third-order valence-corrected chi connectivity index (χ3v) is 4.61. The molecule has 126 valence electrons. The van der Waals surface area contributed by atoms with E-state index in [4.69, 9.17) is 0 Å². The van der Waals surface area contributed by atoms with Gasteiger partial charge in [0.25, 0.3) is 5.91 Å². The number of amides is 3. The summed E-state index contributed by atoms with van der Waals surface area (Å²) < 4.78 is 0. The van der Waals surface area contributed by atoms with Crippen LogP contribution in [0.4, 0.5) is 4.79 Å². The lowest BCUT2D eigenvalue weighted by Crippen LogP contribution is -3.29. The Morgan fingerprint density at radius 2 is 1.91 bits per heavy atom. The van der Waals surface area contributed by atoms with Crippen molar-refractivity contribution in [2.45, 2.75) is 26.4 Å².